The molecule has 1 amide bonds. The lowest BCUT2D eigenvalue weighted by Crippen LogP contribution is -2.42. The van der Waals surface area contributed by atoms with Gasteiger partial charge >= 0.3 is 0 Å². The summed E-state index contributed by atoms with van der Waals surface area (Å²) in [6.07, 6.45) is -0.442. The van der Waals surface area contributed by atoms with Crippen LogP contribution in [0.5, 0.6) is 0 Å². The van der Waals surface area contributed by atoms with Crippen LogP contribution in [0, 0.1) is 0 Å². The molecule has 1 aromatic heterocycles. The summed E-state index contributed by atoms with van der Waals surface area (Å²) < 4.78 is 10.9. The van der Waals surface area contributed by atoms with Crippen molar-refractivity contribution in [3.8, 4) is 0 Å². The van der Waals surface area contributed by atoms with Gasteiger partial charge in [0.05, 0.1) is 6.04 Å². The maximum absolute atomic E-state index is 11.8. The molecule has 0 saturated carbocycles. The first kappa shape index (κ1) is 13.6. The number of methoxy groups -OCH3 is 2. The number of carbonyl (C=O) groups is 1. The van der Waals surface area contributed by atoms with Gasteiger partial charge < -0.3 is 14.8 Å². The van der Waals surface area contributed by atoms with E-state index in [4.69, 9.17) is 9.47 Å². The normalized spacial score (nSPS) is 12.8. The van der Waals surface area contributed by atoms with E-state index in [1.54, 1.807) is 0 Å². The number of hydrogen-bond donors (Lipinski definition) is 1. The highest BCUT2D eigenvalue weighted by Crippen LogP contribution is 2.22. The topological polar surface area (TPSA) is 47.6 Å². The first-order valence-electron chi connectivity index (χ1n) is 4.69. The predicted octanol–water partition coefficient (Wildman–Crippen LogP) is 2.25. The van der Waals surface area contributed by atoms with Gasteiger partial charge in [-0.2, -0.15) is 0 Å². The van der Waals surface area contributed by atoms with Crippen molar-refractivity contribution in [1.82, 2.24) is 5.32 Å². The third kappa shape index (κ3) is 3.28. The van der Waals surface area contributed by atoms with Gasteiger partial charge in [-0.05, 0) is 34.3 Å². The Morgan fingerprint density at radius 2 is 2.12 bits per heavy atom. The number of nitrogens with one attached hydrogen (secondary N) is 1. The van der Waals surface area contributed by atoms with Gasteiger partial charge in [-0.25, -0.2) is 0 Å². The Labute approximate surface area is 107 Å². The van der Waals surface area contributed by atoms with E-state index in [1.807, 2.05) is 18.4 Å². The molecule has 0 aliphatic heterocycles. The molecule has 0 radical (unpaired) electrons. The summed E-state index contributed by atoms with van der Waals surface area (Å²) in [6, 6.07) is 1.63. The van der Waals surface area contributed by atoms with Crippen LogP contribution in [0.2, 0.25) is 0 Å². The Kier molecular flexibility index (Phi) is 5.40. The molecule has 16 heavy (non-hydrogen) atoms. The molecule has 1 atom stereocenters. The van der Waals surface area contributed by atoms with E-state index in [9.17, 15) is 4.79 Å². The molecule has 1 N–H and O–H groups in total. The van der Waals surface area contributed by atoms with E-state index in [2.05, 4.69) is 21.2 Å². The second kappa shape index (κ2) is 6.34. The van der Waals surface area contributed by atoms with Gasteiger partial charge in [0.2, 0.25) is 0 Å². The number of hydrogen-bond acceptors (Lipinski definition) is 4. The van der Waals surface area contributed by atoms with Gasteiger partial charge in [-0.1, -0.05) is 0 Å². The van der Waals surface area contributed by atoms with Crippen molar-refractivity contribution in [2.45, 2.75) is 19.3 Å². The molecule has 0 aromatic carbocycles. The van der Waals surface area contributed by atoms with E-state index in [0.717, 1.165) is 4.47 Å². The minimum absolute atomic E-state index is 0.131. The maximum Gasteiger partial charge on any atom is 0.262 e. The summed E-state index contributed by atoms with van der Waals surface area (Å²) in [5, 5.41) is 4.67. The number of rotatable bonds is 5. The van der Waals surface area contributed by atoms with Crippen LogP contribution in [0.4, 0.5) is 0 Å². The second-order valence-electron chi connectivity index (χ2n) is 3.20. The first-order valence-corrected chi connectivity index (χ1v) is 6.36. The monoisotopic (exact) mass is 307 g/mol. The molecule has 0 fully saturated rings. The van der Waals surface area contributed by atoms with Crippen molar-refractivity contribution < 1.29 is 14.3 Å². The zero-order chi connectivity index (χ0) is 12.1. The van der Waals surface area contributed by atoms with E-state index in [-0.39, 0.29) is 11.9 Å². The van der Waals surface area contributed by atoms with E-state index in [1.165, 1.54) is 25.6 Å². The van der Waals surface area contributed by atoms with Gasteiger partial charge in [0.25, 0.3) is 5.91 Å². The summed E-state index contributed by atoms with van der Waals surface area (Å²) in [5.74, 6) is -0.131. The molecule has 90 valence electrons. The largest absolute Gasteiger partial charge is 0.354 e. The molecular weight excluding hydrogens is 294 g/mol. The number of halogens is 1. The molecule has 1 aromatic rings. The van der Waals surface area contributed by atoms with Crippen LogP contribution < -0.4 is 5.32 Å². The van der Waals surface area contributed by atoms with Crippen LogP contribution in [-0.4, -0.2) is 32.5 Å². The predicted molar refractivity (Wildman–Crippen MR) is 66.8 cm³/mol. The van der Waals surface area contributed by atoms with E-state index < -0.39 is 6.29 Å². The molecule has 0 spiro atoms. The van der Waals surface area contributed by atoms with Gasteiger partial charge in [-0.3, -0.25) is 4.79 Å². The number of amides is 1. The van der Waals surface area contributed by atoms with Gasteiger partial charge in [-0.15, -0.1) is 11.3 Å². The number of thiophene rings is 1. The zero-order valence-electron chi connectivity index (χ0n) is 9.32. The van der Waals surface area contributed by atoms with Crippen LogP contribution in [0.15, 0.2) is 15.9 Å². The smallest absolute Gasteiger partial charge is 0.262 e. The molecular formula is C10H14BrNO3S. The van der Waals surface area contributed by atoms with Crippen molar-refractivity contribution in [1.29, 1.82) is 0 Å². The zero-order valence-corrected chi connectivity index (χ0v) is 11.7. The summed E-state index contributed by atoms with van der Waals surface area (Å²) in [4.78, 5) is 12.5. The minimum Gasteiger partial charge on any atom is -0.354 e. The molecule has 6 heteroatoms. The van der Waals surface area contributed by atoms with Gasteiger partial charge in [0.15, 0.2) is 6.29 Å². The molecule has 0 saturated heterocycles. The molecule has 1 unspecified atom stereocenters. The fourth-order valence-corrected chi connectivity index (χ4v) is 2.75. The van der Waals surface area contributed by atoms with Crippen LogP contribution in [-0.2, 0) is 9.47 Å². The lowest BCUT2D eigenvalue weighted by molar-refractivity contribution is -0.117. The summed E-state index contributed by atoms with van der Waals surface area (Å²) >= 11 is 4.70. The number of carbonyl (C=O) groups excluding carboxylic acids is 1. The highest BCUT2D eigenvalue weighted by molar-refractivity contribution is 9.10. The molecule has 0 aliphatic rings. The molecule has 0 aliphatic carbocycles. The third-order valence-electron chi connectivity index (χ3n) is 2.06. The molecule has 1 rings (SSSR count). The minimum atomic E-state index is -0.442. The highest BCUT2D eigenvalue weighted by atomic mass is 79.9. The quantitative estimate of drug-likeness (QED) is 0.849. The number of ether oxygens (including phenoxy) is 2. The Hall–Kier alpha value is -0.430. The third-order valence-corrected chi connectivity index (χ3v) is 3.89. The maximum atomic E-state index is 11.8. The Balaban J connectivity index is 2.61. The molecule has 1 heterocycles. The summed E-state index contributed by atoms with van der Waals surface area (Å²) in [6.45, 7) is 1.83. The Morgan fingerprint density at radius 3 is 2.56 bits per heavy atom. The van der Waals surface area contributed by atoms with E-state index >= 15 is 0 Å². The van der Waals surface area contributed by atoms with Crippen LogP contribution >= 0.6 is 27.3 Å². The lowest BCUT2D eigenvalue weighted by atomic mass is 10.3. The van der Waals surface area contributed by atoms with Crippen molar-refractivity contribution in [3.05, 3.63) is 20.8 Å². The molecule has 0 bridgehead atoms. The highest BCUT2D eigenvalue weighted by Gasteiger charge is 2.20. The average molecular weight is 308 g/mol. The van der Waals surface area contributed by atoms with Crippen molar-refractivity contribution in [2.75, 3.05) is 14.2 Å². The summed E-state index contributed by atoms with van der Waals surface area (Å²) in [7, 11) is 3.08. The lowest BCUT2D eigenvalue weighted by Gasteiger charge is -2.21. The van der Waals surface area contributed by atoms with Crippen LogP contribution in [0.1, 0.15) is 16.6 Å². The fourth-order valence-electron chi connectivity index (χ4n) is 1.30. The fraction of sp³-hybridized carbons (Fsp3) is 0.500. The SMILES string of the molecule is COC(OC)C(C)NC(=O)c1sccc1Br. The van der Waals surface area contributed by atoms with E-state index in [0.29, 0.717) is 4.88 Å². The standard InChI is InChI=1S/C10H14BrNO3S/c1-6(10(14-2)15-3)12-9(13)8-7(11)4-5-16-8/h4-6,10H,1-3H3,(H,12,13). The van der Waals surface area contributed by atoms with Crippen LogP contribution in [0.3, 0.4) is 0 Å². The van der Waals surface area contributed by atoms with Gasteiger partial charge in [0.1, 0.15) is 4.88 Å². The second-order valence-corrected chi connectivity index (χ2v) is 4.97. The van der Waals surface area contributed by atoms with Gasteiger partial charge in [0, 0.05) is 18.7 Å². The average Bonchev–Trinajstić information content (AvgIpc) is 2.66. The molecule has 4 nitrogen and oxygen atoms in total. The Bertz CT molecular complexity index is 352. The van der Waals surface area contributed by atoms with Crippen LogP contribution in [0.25, 0.3) is 0 Å². The van der Waals surface area contributed by atoms with Crippen molar-refractivity contribution >= 4 is 33.2 Å². The first-order chi connectivity index (χ1) is 7.60. The van der Waals surface area contributed by atoms with Crippen molar-refractivity contribution in [2.24, 2.45) is 0 Å². The Morgan fingerprint density at radius 1 is 1.50 bits per heavy atom. The van der Waals surface area contributed by atoms with Crippen molar-refractivity contribution in [3.63, 3.8) is 0 Å². The summed E-state index contributed by atoms with van der Waals surface area (Å²) in [5.41, 5.74) is 0.